The fourth-order valence-corrected chi connectivity index (χ4v) is 2.09. The summed E-state index contributed by atoms with van der Waals surface area (Å²) in [5, 5.41) is 12.4. The van der Waals surface area contributed by atoms with Crippen LogP contribution in [0.5, 0.6) is 0 Å². The van der Waals surface area contributed by atoms with E-state index in [0.717, 1.165) is 16.3 Å². The molecular weight excluding hydrogens is 240 g/mol. The van der Waals surface area contributed by atoms with E-state index in [1.165, 1.54) is 0 Å². The maximum atomic E-state index is 10.2. The molecule has 0 saturated heterocycles. The second kappa shape index (κ2) is 7.24. The molecule has 1 unspecified atom stereocenters. The van der Waals surface area contributed by atoms with Gasteiger partial charge in [-0.2, -0.15) is 0 Å². The summed E-state index contributed by atoms with van der Waals surface area (Å²) < 4.78 is 10.6. The second-order valence-corrected chi connectivity index (χ2v) is 4.36. The van der Waals surface area contributed by atoms with E-state index in [2.05, 4.69) is 0 Å². The highest BCUT2D eigenvalue weighted by Crippen LogP contribution is 2.24. The van der Waals surface area contributed by atoms with Gasteiger partial charge < -0.3 is 14.6 Å². The van der Waals surface area contributed by atoms with E-state index in [1.807, 2.05) is 49.4 Å². The molecule has 0 amide bonds. The Morgan fingerprint density at radius 3 is 2.58 bits per heavy atom. The summed E-state index contributed by atoms with van der Waals surface area (Å²) in [6.07, 6.45) is -0.604. The van der Waals surface area contributed by atoms with Crippen molar-refractivity contribution >= 4 is 10.8 Å². The van der Waals surface area contributed by atoms with Crippen LogP contribution in [0.15, 0.2) is 42.5 Å². The van der Waals surface area contributed by atoms with Crippen LogP contribution in [0.3, 0.4) is 0 Å². The van der Waals surface area contributed by atoms with Gasteiger partial charge in [-0.3, -0.25) is 0 Å². The van der Waals surface area contributed by atoms with Gasteiger partial charge in [-0.1, -0.05) is 42.5 Å². The predicted octanol–water partition coefficient (Wildman–Crippen LogP) is 2.93. The molecule has 0 saturated carbocycles. The average Bonchev–Trinajstić information content (AvgIpc) is 2.46. The zero-order valence-electron chi connectivity index (χ0n) is 11.2. The fourth-order valence-electron chi connectivity index (χ4n) is 2.09. The zero-order chi connectivity index (χ0) is 13.5. The van der Waals surface area contributed by atoms with E-state index in [0.29, 0.717) is 26.4 Å². The summed E-state index contributed by atoms with van der Waals surface area (Å²) in [5.41, 5.74) is 0.912. The second-order valence-electron chi connectivity index (χ2n) is 4.36. The van der Waals surface area contributed by atoms with Crippen molar-refractivity contribution in [1.82, 2.24) is 0 Å². The third kappa shape index (κ3) is 3.77. The molecule has 0 aliphatic heterocycles. The molecule has 19 heavy (non-hydrogen) atoms. The van der Waals surface area contributed by atoms with E-state index >= 15 is 0 Å². The van der Waals surface area contributed by atoms with Gasteiger partial charge in [0.1, 0.15) is 6.10 Å². The quantitative estimate of drug-likeness (QED) is 0.778. The van der Waals surface area contributed by atoms with Crippen molar-refractivity contribution in [2.75, 3.05) is 26.4 Å². The number of aliphatic hydroxyl groups excluding tert-OH is 1. The van der Waals surface area contributed by atoms with Crippen molar-refractivity contribution < 1.29 is 14.6 Å². The maximum Gasteiger partial charge on any atom is 0.103 e. The van der Waals surface area contributed by atoms with Crippen LogP contribution in [0, 0.1) is 0 Å². The molecule has 0 aliphatic carbocycles. The molecule has 2 aromatic rings. The van der Waals surface area contributed by atoms with E-state index < -0.39 is 6.10 Å². The molecule has 0 spiro atoms. The molecule has 0 bridgehead atoms. The summed E-state index contributed by atoms with van der Waals surface area (Å²) >= 11 is 0. The van der Waals surface area contributed by atoms with Crippen LogP contribution in [-0.2, 0) is 9.47 Å². The highest BCUT2D eigenvalue weighted by molar-refractivity contribution is 5.85. The van der Waals surface area contributed by atoms with Crippen LogP contribution < -0.4 is 0 Å². The molecule has 2 aromatic carbocycles. The van der Waals surface area contributed by atoms with Crippen LogP contribution in [0.1, 0.15) is 18.6 Å². The molecular formula is C16H20O3. The Balaban J connectivity index is 1.99. The molecule has 0 fully saturated rings. The lowest BCUT2D eigenvalue weighted by Crippen LogP contribution is -2.11. The first kappa shape index (κ1) is 14.0. The van der Waals surface area contributed by atoms with Crippen LogP contribution in [0.4, 0.5) is 0 Å². The van der Waals surface area contributed by atoms with E-state index in [1.54, 1.807) is 0 Å². The molecule has 0 aliphatic rings. The van der Waals surface area contributed by atoms with Gasteiger partial charge in [0.15, 0.2) is 0 Å². The Labute approximate surface area is 113 Å². The highest BCUT2D eigenvalue weighted by atomic mass is 16.5. The molecule has 0 radical (unpaired) electrons. The van der Waals surface area contributed by atoms with Crippen molar-refractivity contribution in [1.29, 1.82) is 0 Å². The van der Waals surface area contributed by atoms with Crippen LogP contribution in [-0.4, -0.2) is 31.5 Å². The Hall–Kier alpha value is -1.42. The first-order valence-corrected chi connectivity index (χ1v) is 6.64. The summed E-state index contributed by atoms with van der Waals surface area (Å²) in [7, 11) is 0. The van der Waals surface area contributed by atoms with Gasteiger partial charge >= 0.3 is 0 Å². The highest BCUT2D eigenvalue weighted by Gasteiger charge is 2.10. The predicted molar refractivity (Wildman–Crippen MR) is 76.2 cm³/mol. The minimum atomic E-state index is -0.604. The van der Waals surface area contributed by atoms with Gasteiger partial charge in [0, 0.05) is 6.61 Å². The molecule has 2 rings (SSSR count). The van der Waals surface area contributed by atoms with Crippen LogP contribution in [0.25, 0.3) is 10.8 Å². The Morgan fingerprint density at radius 2 is 1.74 bits per heavy atom. The molecule has 0 heterocycles. The molecule has 1 N–H and O–H groups in total. The summed E-state index contributed by atoms with van der Waals surface area (Å²) in [4.78, 5) is 0. The first-order valence-electron chi connectivity index (χ1n) is 6.64. The Morgan fingerprint density at radius 1 is 1.00 bits per heavy atom. The molecule has 102 valence electrons. The van der Waals surface area contributed by atoms with E-state index in [9.17, 15) is 5.11 Å². The number of benzene rings is 2. The topological polar surface area (TPSA) is 38.7 Å². The Kier molecular flexibility index (Phi) is 5.33. The lowest BCUT2D eigenvalue weighted by Gasteiger charge is -2.14. The summed E-state index contributed by atoms with van der Waals surface area (Å²) in [6, 6.07) is 14.0. The van der Waals surface area contributed by atoms with Gasteiger partial charge in [0.05, 0.1) is 19.8 Å². The average molecular weight is 260 g/mol. The largest absolute Gasteiger partial charge is 0.386 e. The van der Waals surface area contributed by atoms with Gasteiger partial charge in [-0.25, -0.2) is 0 Å². The number of fused-ring (bicyclic) bond motifs is 1. The lowest BCUT2D eigenvalue weighted by molar-refractivity contribution is 0.00577. The smallest absolute Gasteiger partial charge is 0.103 e. The van der Waals surface area contributed by atoms with E-state index in [4.69, 9.17) is 9.47 Å². The van der Waals surface area contributed by atoms with Crippen molar-refractivity contribution in [3.8, 4) is 0 Å². The van der Waals surface area contributed by atoms with Gasteiger partial charge in [-0.15, -0.1) is 0 Å². The number of hydrogen-bond acceptors (Lipinski definition) is 3. The summed E-state index contributed by atoms with van der Waals surface area (Å²) in [6.45, 7) is 4.01. The van der Waals surface area contributed by atoms with Crippen molar-refractivity contribution in [2.45, 2.75) is 13.0 Å². The number of ether oxygens (including phenoxy) is 2. The maximum absolute atomic E-state index is 10.2. The minimum Gasteiger partial charge on any atom is -0.386 e. The third-order valence-corrected chi connectivity index (χ3v) is 3.03. The molecule has 0 aromatic heterocycles. The van der Waals surface area contributed by atoms with Crippen molar-refractivity contribution in [3.63, 3.8) is 0 Å². The standard InChI is InChI=1S/C16H20O3/c1-2-18-10-11-19-12-16(17)15-9-5-7-13-6-3-4-8-14(13)15/h3-9,16-17H,2,10-12H2,1H3. The monoisotopic (exact) mass is 260 g/mol. The lowest BCUT2D eigenvalue weighted by atomic mass is 10.0. The molecule has 3 heteroatoms. The zero-order valence-corrected chi connectivity index (χ0v) is 11.2. The summed E-state index contributed by atoms with van der Waals surface area (Å²) in [5.74, 6) is 0. The van der Waals surface area contributed by atoms with Gasteiger partial charge in [0.25, 0.3) is 0 Å². The van der Waals surface area contributed by atoms with Gasteiger partial charge in [0.2, 0.25) is 0 Å². The van der Waals surface area contributed by atoms with Crippen molar-refractivity contribution in [3.05, 3.63) is 48.0 Å². The van der Waals surface area contributed by atoms with E-state index in [-0.39, 0.29) is 0 Å². The van der Waals surface area contributed by atoms with Crippen LogP contribution >= 0.6 is 0 Å². The minimum absolute atomic E-state index is 0.293. The first-order chi connectivity index (χ1) is 9.33. The third-order valence-electron chi connectivity index (χ3n) is 3.03. The Bertz CT molecular complexity index is 505. The molecule has 1 atom stereocenters. The number of rotatable bonds is 7. The fraction of sp³-hybridized carbons (Fsp3) is 0.375. The number of aliphatic hydroxyl groups is 1. The normalized spacial score (nSPS) is 12.7. The van der Waals surface area contributed by atoms with Crippen molar-refractivity contribution in [2.24, 2.45) is 0 Å². The molecule has 3 nitrogen and oxygen atoms in total. The van der Waals surface area contributed by atoms with Crippen LogP contribution in [0.2, 0.25) is 0 Å². The SMILES string of the molecule is CCOCCOCC(O)c1cccc2ccccc12. The number of hydrogen-bond donors (Lipinski definition) is 1. The van der Waals surface area contributed by atoms with Gasteiger partial charge in [-0.05, 0) is 23.3 Å².